The van der Waals surface area contributed by atoms with Crippen LogP contribution in [0.1, 0.15) is 25.8 Å². The van der Waals surface area contributed by atoms with E-state index < -0.39 is 0 Å². The van der Waals surface area contributed by atoms with Crippen LogP contribution in [0.15, 0.2) is 16.6 Å². The predicted octanol–water partition coefficient (Wildman–Crippen LogP) is 3.29. The summed E-state index contributed by atoms with van der Waals surface area (Å²) in [6.45, 7) is 9.59. The van der Waals surface area contributed by atoms with Crippen molar-refractivity contribution in [2.45, 2.75) is 26.8 Å². The Kier molecular flexibility index (Phi) is 8.73. The second-order valence-corrected chi connectivity index (χ2v) is 5.78. The van der Waals surface area contributed by atoms with Gasteiger partial charge in [0.25, 0.3) is 0 Å². The van der Waals surface area contributed by atoms with Gasteiger partial charge in [0.15, 0.2) is 11.5 Å². The van der Waals surface area contributed by atoms with Crippen LogP contribution in [0, 0.1) is 0 Å². The molecule has 1 rings (SSSR count). The summed E-state index contributed by atoms with van der Waals surface area (Å²) in [5, 5.41) is 3.48. The predicted molar refractivity (Wildman–Crippen MR) is 91.4 cm³/mol. The summed E-state index contributed by atoms with van der Waals surface area (Å²) >= 11 is 3.52. The molecule has 0 aliphatic carbocycles. The molecule has 0 fully saturated rings. The van der Waals surface area contributed by atoms with Crippen LogP contribution < -0.4 is 14.8 Å². The SMILES string of the molecule is CCCN(CC)CCNCc1cc(Br)c(OC)c(OC)c1. The molecule has 0 aromatic heterocycles. The largest absolute Gasteiger partial charge is 0.493 e. The quantitative estimate of drug-likeness (QED) is 0.650. The Balaban J connectivity index is 2.50. The molecule has 0 saturated carbocycles. The molecule has 0 bridgehead atoms. The van der Waals surface area contributed by atoms with Gasteiger partial charge in [-0.15, -0.1) is 0 Å². The molecule has 21 heavy (non-hydrogen) atoms. The van der Waals surface area contributed by atoms with Crippen molar-refractivity contribution in [1.82, 2.24) is 10.2 Å². The molecule has 120 valence electrons. The van der Waals surface area contributed by atoms with Gasteiger partial charge in [-0.25, -0.2) is 0 Å². The first-order valence-corrected chi connectivity index (χ1v) is 8.28. The van der Waals surface area contributed by atoms with Crippen molar-refractivity contribution in [2.75, 3.05) is 40.4 Å². The van der Waals surface area contributed by atoms with Crippen molar-refractivity contribution < 1.29 is 9.47 Å². The fourth-order valence-corrected chi connectivity index (χ4v) is 2.94. The third-order valence-corrected chi connectivity index (χ3v) is 4.00. The van der Waals surface area contributed by atoms with Gasteiger partial charge in [0.1, 0.15) is 0 Å². The fraction of sp³-hybridized carbons (Fsp3) is 0.625. The Hall–Kier alpha value is -0.780. The number of rotatable bonds is 10. The lowest BCUT2D eigenvalue weighted by Gasteiger charge is -2.19. The third-order valence-electron chi connectivity index (χ3n) is 3.41. The zero-order valence-electron chi connectivity index (χ0n) is 13.5. The van der Waals surface area contributed by atoms with Crippen molar-refractivity contribution in [1.29, 1.82) is 0 Å². The Morgan fingerprint density at radius 3 is 2.48 bits per heavy atom. The number of nitrogens with zero attached hydrogens (tertiary/aromatic N) is 1. The summed E-state index contributed by atoms with van der Waals surface area (Å²) in [5.74, 6) is 1.49. The molecular formula is C16H27BrN2O2. The number of halogens is 1. The molecule has 0 aliphatic heterocycles. The maximum absolute atomic E-state index is 5.36. The average molecular weight is 359 g/mol. The Morgan fingerprint density at radius 2 is 1.90 bits per heavy atom. The Labute approximate surface area is 136 Å². The normalized spacial score (nSPS) is 11.0. The molecule has 0 atom stereocenters. The first kappa shape index (κ1) is 18.3. The van der Waals surface area contributed by atoms with Crippen LogP contribution in [0.3, 0.4) is 0 Å². The van der Waals surface area contributed by atoms with E-state index in [0.717, 1.165) is 42.2 Å². The Bertz CT molecular complexity index is 427. The monoisotopic (exact) mass is 358 g/mol. The van der Waals surface area contributed by atoms with E-state index in [1.807, 2.05) is 6.07 Å². The molecule has 0 radical (unpaired) electrons. The van der Waals surface area contributed by atoms with Gasteiger partial charge in [-0.3, -0.25) is 0 Å². The van der Waals surface area contributed by atoms with E-state index in [1.54, 1.807) is 14.2 Å². The first-order valence-electron chi connectivity index (χ1n) is 7.49. The number of likely N-dealkylation sites (N-methyl/N-ethyl adjacent to an activating group) is 1. The third kappa shape index (κ3) is 5.85. The van der Waals surface area contributed by atoms with Gasteiger partial charge < -0.3 is 19.7 Å². The molecule has 0 aliphatic rings. The molecule has 0 amide bonds. The van der Waals surface area contributed by atoms with Crippen molar-refractivity contribution in [3.8, 4) is 11.5 Å². The van der Waals surface area contributed by atoms with Crippen molar-refractivity contribution in [3.63, 3.8) is 0 Å². The number of nitrogens with one attached hydrogen (secondary N) is 1. The van der Waals surface area contributed by atoms with E-state index in [-0.39, 0.29) is 0 Å². The van der Waals surface area contributed by atoms with Crippen LogP contribution in [0.4, 0.5) is 0 Å². The minimum Gasteiger partial charge on any atom is -0.493 e. The van der Waals surface area contributed by atoms with Crippen LogP contribution in [-0.4, -0.2) is 45.3 Å². The van der Waals surface area contributed by atoms with E-state index in [1.165, 1.54) is 18.5 Å². The van der Waals surface area contributed by atoms with Crippen LogP contribution in [-0.2, 0) is 6.54 Å². The minimum atomic E-state index is 0.737. The highest BCUT2D eigenvalue weighted by molar-refractivity contribution is 9.10. The number of hydrogen-bond donors (Lipinski definition) is 1. The maximum atomic E-state index is 5.36. The summed E-state index contributed by atoms with van der Waals surface area (Å²) in [4.78, 5) is 2.46. The molecule has 0 unspecified atom stereocenters. The molecule has 0 spiro atoms. The summed E-state index contributed by atoms with van der Waals surface area (Å²) in [5.41, 5.74) is 1.18. The molecule has 1 aromatic rings. The molecule has 0 saturated heterocycles. The highest BCUT2D eigenvalue weighted by Crippen LogP contribution is 2.36. The molecule has 1 N–H and O–H groups in total. The first-order chi connectivity index (χ1) is 10.2. The van der Waals surface area contributed by atoms with Crippen LogP contribution >= 0.6 is 15.9 Å². The molecular weight excluding hydrogens is 332 g/mol. The van der Waals surface area contributed by atoms with Crippen LogP contribution in [0.5, 0.6) is 11.5 Å². The number of ether oxygens (including phenoxy) is 2. The lowest BCUT2D eigenvalue weighted by atomic mass is 10.2. The standard InChI is InChI=1S/C16H27BrN2O2/c1-5-8-19(6-2)9-7-18-12-13-10-14(17)16(21-4)15(11-13)20-3/h10-11,18H,5-9,12H2,1-4H3. The van der Waals surface area contributed by atoms with Gasteiger partial charge in [0.05, 0.1) is 18.7 Å². The number of benzene rings is 1. The molecule has 1 aromatic carbocycles. The lowest BCUT2D eigenvalue weighted by molar-refractivity contribution is 0.287. The van der Waals surface area contributed by atoms with Crippen LogP contribution in [0.2, 0.25) is 0 Å². The van der Waals surface area contributed by atoms with E-state index in [0.29, 0.717) is 0 Å². The Morgan fingerprint density at radius 1 is 1.14 bits per heavy atom. The average Bonchev–Trinajstić information content (AvgIpc) is 2.49. The summed E-state index contributed by atoms with van der Waals surface area (Å²) < 4.78 is 11.6. The lowest BCUT2D eigenvalue weighted by Crippen LogP contribution is -2.32. The smallest absolute Gasteiger partial charge is 0.174 e. The van der Waals surface area contributed by atoms with E-state index in [4.69, 9.17) is 9.47 Å². The van der Waals surface area contributed by atoms with Gasteiger partial charge >= 0.3 is 0 Å². The van der Waals surface area contributed by atoms with Crippen molar-refractivity contribution in [2.24, 2.45) is 0 Å². The van der Waals surface area contributed by atoms with Gasteiger partial charge in [-0.05, 0) is 53.1 Å². The highest BCUT2D eigenvalue weighted by Gasteiger charge is 2.10. The zero-order valence-corrected chi connectivity index (χ0v) is 15.1. The minimum absolute atomic E-state index is 0.737. The number of methoxy groups -OCH3 is 2. The van der Waals surface area contributed by atoms with E-state index in [2.05, 4.69) is 46.1 Å². The van der Waals surface area contributed by atoms with E-state index >= 15 is 0 Å². The second kappa shape index (κ2) is 10.0. The topological polar surface area (TPSA) is 33.7 Å². The molecule has 4 nitrogen and oxygen atoms in total. The van der Waals surface area contributed by atoms with Gasteiger partial charge in [0.2, 0.25) is 0 Å². The second-order valence-electron chi connectivity index (χ2n) is 4.92. The van der Waals surface area contributed by atoms with Crippen LogP contribution in [0.25, 0.3) is 0 Å². The summed E-state index contributed by atoms with van der Waals surface area (Å²) in [6.07, 6.45) is 1.20. The van der Waals surface area contributed by atoms with Crippen molar-refractivity contribution >= 4 is 15.9 Å². The molecule has 0 heterocycles. The van der Waals surface area contributed by atoms with Gasteiger partial charge in [-0.1, -0.05) is 13.8 Å². The van der Waals surface area contributed by atoms with Crippen molar-refractivity contribution in [3.05, 3.63) is 22.2 Å². The van der Waals surface area contributed by atoms with Gasteiger partial charge in [0, 0.05) is 19.6 Å². The summed E-state index contributed by atoms with van der Waals surface area (Å²) in [7, 11) is 3.30. The maximum Gasteiger partial charge on any atom is 0.174 e. The summed E-state index contributed by atoms with van der Waals surface area (Å²) in [6, 6.07) is 4.08. The zero-order chi connectivity index (χ0) is 15.7. The number of hydrogen-bond acceptors (Lipinski definition) is 4. The fourth-order valence-electron chi connectivity index (χ4n) is 2.29. The highest BCUT2D eigenvalue weighted by atomic mass is 79.9. The molecule has 5 heteroatoms. The van der Waals surface area contributed by atoms with Gasteiger partial charge in [-0.2, -0.15) is 0 Å². The van der Waals surface area contributed by atoms with E-state index in [9.17, 15) is 0 Å².